The van der Waals surface area contributed by atoms with Gasteiger partial charge in [0.1, 0.15) is 0 Å². The first-order chi connectivity index (χ1) is 5.70. The van der Waals surface area contributed by atoms with Gasteiger partial charge in [-0.2, -0.15) is 0 Å². The van der Waals surface area contributed by atoms with Crippen molar-refractivity contribution in [2.75, 3.05) is 33.3 Å². The van der Waals surface area contributed by atoms with Crippen molar-refractivity contribution in [1.29, 1.82) is 0 Å². The molecule has 72 valence electrons. The minimum atomic E-state index is 0.359. The summed E-state index contributed by atoms with van der Waals surface area (Å²) in [5.74, 6) is 0. The summed E-state index contributed by atoms with van der Waals surface area (Å²) in [6, 6.07) is 0.737. The van der Waals surface area contributed by atoms with E-state index in [9.17, 15) is 0 Å². The Hall–Kier alpha value is -0.120. The van der Waals surface area contributed by atoms with Gasteiger partial charge in [-0.15, -0.1) is 0 Å². The van der Waals surface area contributed by atoms with Crippen LogP contribution in [0.25, 0.3) is 0 Å². The first-order valence-electron chi connectivity index (χ1n) is 4.72. The van der Waals surface area contributed by atoms with Crippen molar-refractivity contribution in [1.82, 2.24) is 10.2 Å². The van der Waals surface area contributed by atoms with Gasteiger partial charge in [0.15, 0.2) is 0 Å². The lowest BCUT2D eigenvalue weighted by Gasteiger charge is -2.35. The van der Waals surface area contributed by atoms with E-state index in [4.69, 9.17) is 4.74 Å². The van der Waals surface area contributed by atoms with E-state index >= 15 is 0 Å². The zero-order valence-electron chi connectivity index (χ0n) is 8.34. The number of ether oxygens (including phenoxy) is 1. The van der Waals surface area contributed by atoms with Gasteiger partial charge in [0.25, 0.3) is 0 Å². The third-order valence-corrected chi connectivity index (χ3v) is 2.28. The molecule has 0 aromatic rings. The van der Waals surface area contributed by atoms with E-state index in [0.29, 0.717) is 6.10 Å². The first kappa shape index (κ1) is 9.96. The molecule has 0 amide bonds. The lowest BCUT2D eigenvalue weighted by Crippen LogP contribution is -2.56. The van der Waals surface area contributed by atoms with Crippen LogP contribution in [0.1, 0.15) is 13.8 Å². The molecular weight excluding hydrogens is 152 g/mol. The molecule has 1 saturated heterocycles. The normalized spacial score (nSPS) is 18.8. The summed E-state index contributed by atoms with van der Waals surface area (Å²) in [5, 5.41) is 3.26. The summed E-state index contributed by atoms with van der Waals surface area (Å²) in [6.07, 6.45) is 0.359. The Kier molecular flexibility index (Phi) is 3.98. The van der Waals surface area contributed by atoms with Gasteiger partial charge in [0.2, 0.25) is 0 Å². The molecule has 0 aromatic carbocycles. The Morgan fingerprint density at radius 3 is 2.58 bits per heavy atom. The number of nitrogens with one attached hydrogen (secondary N) is 1. The molecule has 0 unspecified atom stereocenters. The van der Waals surface area contributed by atoms with Crippen LogP contribution < -0.4 is 5.32 Å². The van der Waals surface area contributed by atoms with Gasteiger partial charge >= 0.3 is 0 Å². The number of rotatable bonds is 5. The standard InChI is InChI=1S/C9H20N2O/c1-8(2)12-5-4-11(3)9-6-10-7-9/h8-10H,4-7H2,1-3H3. The van der Waals surface area contributed by atoms with Crippen molar-refractivity contribution in [3.05, 3.63) is 0 Å². The maximum Gasteiger partial charge on any atom is 0.0596 e. The van der Waals surface area contributed by atoms with Crippen molar-refractivity contribution in [3.63, 3.8) is 0 Å². The van der Waals surface area contributed by atoms with Gasteiger partial charge in [-0.1, -0.05) is 0 Å². The van der Waals surface area contributed by atoms with Crippen LogP contribution >= 0.6 is 0 Å². The molecule has 0 radical (unpaired) electrons. The molecule has 0 atom stereocenters. The minimum Gasteiger partial charge on any atom is -0.377 e. The SMILES string of the molecule is CC(C)OCCN(C)C1CNC1. The fraction of sp³-hybridized carbons (Fsp3) is 1.00. The Balaban J connectivity index is 1.98. The van der Waals surface area contributed by atoms with Crippen molar-refractivity contribution in [3.8, 4) is 0 Å². The topological polar surface area (TPSA) is 24.5 Å². The number of likely N-dealkylation sites (N-methyl/N-ethyl adjacent to an activating group) is 1. The smallest absolute Gasteiger partial charge is 0.0596 e. The van der Waals surface area contributed by atoms with E-state index in [-0.39, 0.29) is 0 Å². The average molecular weight is 172 g/mol. The van der Waals surface area contributed by atoms with E-state index in [2.05, 4.69) is 31.1 Å². The van der Waals surface area contributed by atoms with E-state index in [0.717, 1.165) is 32.3 Å². The molecule has 1 fully saturated rings. The van der Waals surface area contributed by atoms with Gasteiger partial charge in [0.05, 0.1) is 12.7 Å². The number of nitrogens with zero attached hydrogens (tertiary/aromatic N) is 1. The molecule has 0 aromatic heterocycles. The fourth-order valence-corrected chi connectivity index (χ4v) is 1.20. The molecule has 0 aliphatic carbocycles. The van der Waals surface area contributed by atoms with Crippen LogP contribution in [0.5, 0.6) is 0 Å². The van der Waals surface area contributed by atoms with Crippen LogP contribution in [-0.4, -0.2) is 50.3 Å². The molecule has 1 heterocycles. The molecule has 1 aliphatic rings. The first-order valence-corrected chi connectivity index (χ1v) is 4.72. The Morgan fingerprint density at radius 1 is 1.50 bits per heavy atom. The second-order valence-electron chi connectivity index (χ2n) is 3.71. The molecule has 1 N–H and O–H groups in total. The quantitative estimate of drug-likeness (QED) is 0.646. The maximum absolute atomic E-state index is 5.47. The summed E-state index contributed by atoms with van der Waals surface area (Å²) < 4.78 is 5.47. The lowest BCUT2D eigenvalue weighted by molar-refractivity contribution is 0.0497. The molecular formula is C9H20N2O. The molecule has 1 rings (SSSR count). The van der Waals surface area contributed by atoms with Crippen LogP contribution in [0.3, 0.4) is 0 Å². The van der Waals surface area contributed by atoms with Crippen LogP contribution in [0.2, 0.25) is 0 Å². The molecule has 0 saturated carbocycles. The van der Waals surface area contributed by atoms with Crippen LogP contribution in [0.15, 0.2) is 0 Å². The summed E-state index contributed by atoms with van der Waals surface area (Å²) in [4.78, 5) is 2.36. The predicted octanol–water partition coefficient (Wildman–Crippen LogP) is 0.315. The maximum atomic E-state index is 5.47. The Bertz CT molecular complexity index is 124. The van der Waals surface area contributed by atoms with E-state index in [1.165, 1.54) is 0 Å². The Labute approximate surface area is 75.1 Å². The second-order valence-corrected chi connectivity index (χ2v) is 3.71. The highest BCUT2D eigenvalue weighted by molar-refractivity contribution is 4.82. The molecule has 0 spiro atoms. The predicted molar refractivity (Wildman–Crippen MR) is 50.4 cm³/mol. The highest BCUT2D eigenvalue weighted by Crippen LogP contribution is 2.01. The van der Waals surface area contributed by atoms with E-state index in [1.807, 2.05) is 0 Å². The Morgan fingerprint density at radius 2 is 2.17 bits per heavy atom. The van der Waals surface area contributed by atoms with Crippen molar-refractivity contribution < 1.29 is 4.74 Å². The highest BCUT2D eigenvalue weighted by Gasteiger charge is 2.20. The van der Waals surface area contributed by atoms with Crippen molar-refractivity contribution >= 4 is 0 Å². The zero-order chi connectivity index (χ0) is 8.97. The third kappa shape index (κ3) is 3.09. The van der Waals surface area contributed by atoms with Gasteiger partial charge in [-0.05, 0) is 20.9 Å². The van der Waals surface area contributed by atoms with Crippen LogP contribution in [-0.2, 0) is 4.74 Å². The monoisotopic (exact) mass is 172 g/mol. The zero-order valence-corrected chi connectivity index (χ0v) is 8.34. The number of hydrogen-bond acceptors (Lipinski definition) is 3. The van der Waals surface area contributed by atoms with Crippen molar-refractivity contribution in [2.45, 2.75) is 26.0 Å². The van der Waals surface area contributed by atoms with Crippen LogP contribution in [0, 0.1) is 0 Å². The average Bonchev–Trinajstić information content (AvgIpc) is 1.81. The van der Waals surface area contributed by atoms with Crippen LogP contribution in [0.4, 0.5) is 0 Å². The molecule has 0 bridgehead atoms. The number of hydrogen-bond donors (Lipinski definition) is 1. The largest absolute Gasteiger partial charge is 0.377 e. The van der Waals surface area contributed by atoms with Crippen molar-refractivity contribution in [2.24, 2.45) is 0 Å². The minimum absolute atomic E-state index is 0.359. The van der Waals surface area contributed by atoms with Gasteiger partial charge in [0, 0.05) is 25.7 Å². The van der Waals surface area contributed by atoms with E-state index in [1.54, 1.807) is 0 Å². The molecule has 3 nitrogen and oxygen atoms in total. The fourth-order valence-electron chi connectivity index (χ4n) is 1.20. The van der Waals surface area contributed by atoms with Gasteiger partial charge in [-0.25, -0.2) is 0 Å². The summed E-state index contributed by atoms with van der Waals surface area (Å²) in [5.41, 5.74) is 0. The molecule has 1 aliphatic heterocycles. The summed E-state index contributed by atoms with van der Waals surface area (Å²) in [7, 11) is 2.16. The van der Waals surface area contributed by atoms with Gasteiger partial charge < -0.3 is 10.1 Å². The molecule has 3 heteroatoms. The van der Waals surface area contributed by atoms with E-state index < -0.39 is 0 Å². The summed E-state index contributed by atoms with van der Waals surface area (Å²) >= 11 is 0. The summed E-state index contributed by atoms with van der Waals surface area (Å²) in [6.45, 7) is 8.32. The lowest BCUT2D eigenvalue weighted by atomic mass is 10.1. The third-order valence-electron chi connectivity index (χ3n) is 2.28. The van der Waals surface area contributed by atoms with Gasteiger partial charge in [-0.3, -0.25) is 4.90 Å². The molecule has 12 heavy (non-hydrogen) atoms. The second kappa shape index (κ2) is 4.80. The highest BCUT2D eigenvalue weighted by atomic mass is 16.5.